The molecule has 2 aliphatic rings. The molecule has 3 rings (SSSR count). The highest BCUT2D eigenvalue weighted by Crippen LogP contribution is 2.42. The van der Waals surface area contributed by atoms with Crippen molar-refractivity contribution in [1.29, 1.82) is 0 Å². The van der Waals surface area contributed by atoms with Gasteiger partial charge in [0.15, 0.2) is 11.0 Å². The molecule has 0 radical (unpaired) electrons. The van der Waals surface area contributed by atoms with Crippen LogP contribution in [0.1, 0.15) is 32.1 Å². The number of hydrogen-bond acceptors (Lipinski definition) is 3. The number of thioether (sulfide) groups is 1. The molecule has 0 amide bonds. The van der Waals surface area contributed by atoms with Crippen LogP contribution in [-0.4, -0.2) is 17.5 Å². The van der Waals surface area contributed by atoms with E-state index in [2.05, 4.69) is 26.2 Å². The van der Waals surface area contributed by atoms with Crippen molar-refractivity contribution in [3.63, 3.8) is 0 Å². The molecule has 1 heterocycles. The molecular formula is C15H17BrF2N2S. The zero-order valence-electron chi connectivity index (χ0n) is 11.6. The molecular weight excluding hydrogens is 358 g/mol. The predicted molar refractivity (Wildman–Crippen MR) is 88.0 cm³/mol. The second-order valence-electron chi connectivity index (χ2n) is 5.84. The molecule has 0 atom stereocenters. The van der Waals surface area contributed by atoms with Crippen LogP contribution in [0.2, 0.25) is 0 Å². The first-order valence-corrected chi connectivity index (χ1v) is 8.95. The summed E-state index contributed by atoms with van der Waals surface area (Å²) in [7, 11) is 0. The van der Waals surface area contributed by atoms with Gasteiger partial charge >= 0.3 is 0 Å². The molecule has 1 fully saturated rings. The SMILES string of the molecule is Fc1cc(F)c(NC2=NCC3(CCCCC3)CS2)c(Br)c1. The van der Waals surface area contributed by atoms with Gasteiger partial charge in [0.2, 0.25) is 0 Å². The van der Waals surface area contributed by atoms with Crippen molar-refractivity contribution in [3.8, 4) is 0 Å². The molecule has 0 aromatic heterocycles. The number of anilines is 1. The van der Waals surface area contributed by atoms with Crippen LogP contribution in [-0.2, 0) is 0 Å². The number of benzene rings is 1. The fraction of sp³-hybridized carbons (Fsp3) is 0.533. The lowest BCUT2D eigenvalue weighted by molar-refractivity contribution is 0.232. The number of amidine groups is 1. The third-order valence-corrected chi connectivity index (χ3v) is 6.11. The van der Waals surface area contributed by atoms with Gasteiger partial charge < -0.3 is 5.32 Å². The highest BCUT2D eigenvalue weighted by atomic mass is 79.9. The maximum Gasteiger partial charge on any atom is 0.161 e. The quantitative estimate of drug-likeness (QED) is 0.730. The Labute approximate surface area is 135 Å². The minimum Gasteiger partial charge on any atom is -0.332 e. The highest BCUT2D eigenvalue weighted by molar-refractivity contribution is 9.10. The monoisotopic (exact) mass is 374 g/mol. The zero-order valence-corrected chi connectivity index (χ0v) is 14.0. The van der Waals surface area contributed by atoms with Crippen LogP contribution in [0.4, 0.5) is 14.5 Å². The Bertz CT molecular complexity index is 548. The van der Waals surface area contributed by atoms with Crippen molar-refractivity contribution in [2.75, 3.05) is 17.6 Å². The third kappa shape index (κ3) is 3.42. The number of aliphatic imine (C=N–C) groups is 1. The van der Waals surface area contributed by atoms with Gasteiger partial charge in [0.25, 0.3) is 0 Å². The van der Waals surface area contributed by atoms with Crippen molar-refractivity contribution in [2.24, 2.45) is 10.4 Å². The first kappa shape index (κ1) is 15.3. The topological polar surface area (TPSA) is 24.4 Å². The van der Waals surface area contributed by atoms with Crippen molar-refractivity contribution in [2.45, 2.75) is 32.1 Å². The molecule has 1 spiro atoms. The van der Waals surface area contributed by atoms with Crippen LogP contribution in [0.25, 0.3) is 0 Å². The van der Waals surface area contributed by atoms with E-state index in [0.717, 1.165) is 23.5 Å². The van der Waals surface area contributed by atoms with Gasteiger partial charge in [-0.1, -0.05) is 31.0 Å². The van der Waals surface area contributed by atoms with E-state index in [4.69, 9.17) is 0 Å². The van der Waals surface area contributed by atoms with Crippen LogP contribution in [0.5, 0.6) is 0 Å². The van der Waals surface area contributed by atoms with Gasteiger partial charge in [-0.3, -0.25) is 4.99 Å². The minimum atomic E-state index is -0.608. The second-order valence-corrected chi connectivity index (χ2v) is 7.66. The Hall–Kier alpha value is -0.620. The number of hydrogen-bond donors (Lipinski definition) is 1. The second kappa shape index (κ2) is 6.24. The van der Waals surface area contributed by atoms with Crippen LogP contribution in [0.15, 0.2) is 21.6 Å². The van der Waals surface area contributed by atoms with Crippen molar-refractivity contribution >= 4 is 38.5 Å². The summed E-state index contributed by atoms with van der Waals surface area (Å²) in [6, 6.07) is 2.13. The van der Waals surface area contributed by atoms with Gasteiger partial charge in [-0.25, -0.2) is 8.78 Å². The van der Waals surface area contributed by atoms with Crippen molar-refractivity contribution in [3.05, 3.63) is 28.2 Å². The van der Waals surface area contributed by atoms with Gasteiger partial charge in [0.1, 0.15) is 5.82 Å². The Morgan fingerprint density at radius 2 is 1.95 bits per heavy atom. The summed E-state index contributed by atoms with van der Waals surface area (Å²) >= 11 is 4.83. The first-order chi connectivity index (χ1) is 10.1. The lowest BCUT2D eigenvalue weighted by Gasteiger charge is -2.38. The molecule has 0 bridgehead atoms. The molecule has 1 aliphatic carbocycles. The van der Waals surface area contributed by atoms with E-state index >= 15 is 0 Å². The van der Waals surface area contributed by atoms with Crippen LogP contribution >= 0.6 is 27.7 Å². The Kier molecular flexibility index (Phi) is 4.54. The van der Waals surface area contributed by atoms with E-state index in [-0.39, 0.29) is 5.69 Å². The summed E-state index contributed by atoms with van der Waals surface area (Å²) in [5.74, 6) is -0.174. The molecule has 114 valence electrons. The fourth-order valence-corrected chi connectivity index (χ4v) is 4.66. The lowest BCUT2D eigenvalue weighted by Crippen LogP contribution is -2.35. The molecule has 0 saturated heterocycles. The van der Waals surface area contributed by atoms with Gasteiger partial charge in [0, 0.05) is 22.8 Å². The van der Waals surface area contributed by atoms with Crippen molar-refractivity contribution < 1.29 is 8.78 Å². The molecule has 1 aromatic rings. The van der Waals surface area contributed by atoms with E-state index in [9.17, 15) is 8.78 Å². The Morgan fingerprint density at radius 1 is 1.19 bits per heavy atom. The number of nitrogens with one attached hydrogen (secondary N) is 1. The molecule has 2 nitrogen and oxygen atoms in total. The average molecular weight is 375 g/mol. The fourth-order valence-electron chi connectivity index (χ4n) is 3.00. The summed E-state index contributed by atoms with van der Waals surface area (Å²) in [6.45, 7) is 0.808. The normalized spacial score (nSPS) is 21.2. The lowest BCUT2D eigenvalue weighted by atomic mass is 9.75. The van der Waals surface area contributed by atoms with Crippen LogP contribution < -0.4 is 5.32 Å². The standard InChI is InChI=1S/C15H17BrF2N2S/c16-11-6-10(17)7-12(18)13(11)20-14-19-8-15(9-21-14)4-2-1-3-5-15/h6-7H,1-5,8-9H2,(H,19,20). The van der Waals surface area contributed by atoms with Gasteiger partial charge in [-0.15, -0.1) is 0 Å². The number of rotatable bonds is 1. The first-order valence-electron chi connectivity index (χ1n) is 7.17. The van der Waals surface area contributed by atoms with E-state index in [0.29, 0.717) is 9.89 Å². The van der Waals surface area contributed by atoms with Gasteiger partial charge in [0.05, 0.1) is 5.69 Å². The largest absolute Gasteiger partial charge is 0.332 e. The zero-order chi connectivity index (χ0) is 14.9. The minimum absolute atomic E-state index is 0.252. The summed E-state index contributed by atoms with van der Waals surface area (Å²) in [4.78, 5) is 4.59. The number of halogens is 3. The van der Waals surface area contributed by atoms with Crippen molar-refractivity contribution in [1.82, 2.24) is 0 Å². The highest BCUT2D eigenvalue weighted by Gasteiger charge is 2.35. The molecule has 1 N–H and O–H groups in total. The Morgan fingerprint density at radius 3 is 2.57 bits per heavy atom. The summed E-state index contributed by atoms with van der Waals surface area (Å²) in [5.41, 5.74) is 0.592. The van der Waals surface area contributed by atoms with Gasteiger partial charge in [-0.05, 0) is 40.3 Å². The summed E-state index contributed by atoms with van der Waals surface area (Å²) < 4.78 is 27.3. The maximum absolute atomic E-state index is 13.8. The van der Waals surface area contributed by atoms with Crippen LogP contribution in [0, 0.1) is 17.0 Å². The molecule has 21 heavy (non-hydrogen) atoms. The average Bonchev–Trinajstić information content (AvgIpc) is 2.46. The van der Waals surface area contributed by atoms with Gasteiger partial charge in [-0.2, -0.15) is 0 Å². The smallest absolute Gasteiger partial charge is 0.161 e. The maximum atomic E-state index is 13.8. The molecule has 1 saturated carbocycles. The third-order valence-electron chi connectivity index (χ3n) is 4.23. The number of nitrogens with zero attached hydrogens (tertiary/aromatic N) is 1. The molecule has 6 heteroatoms. The predicted octanol–water partition coefficient (Wildman–Crippen LogP) is 5.19. The van der Waals surface area contributed by atoms with E-state index in [1.165, 1.54) is 38.2 Å². The molecule has 1 aliphatic heterocycles. The van der Waals surface area contributed by atoms with E-state index < -0.39 is 11.6 Å². The molecule has 0 unspecified atom stereocenters. The van der Waals surface area contributed by atoms with E-state index in [1.807, 2.05) is 0 Å². The van der Waals surface area contributed by atoms with Crippen LogP contribution in [0.3, 0.4) is 0 Å². The van der Waals surface area contributed by atoms with E-state index in [1.54, 1.807) is 11.8 Å². The Balaban J connectivity index is 1.72. The molecule has 1 aromatic carbocycles. The summed E-state index contributed by atoms with van der Waals surface area (Å²) in [6.07, 6.45) is 6.39. The summed E-state index contributed by atoms with van der Waals surface area (Å²) in [5, 5.41) is 3.71.